The van der Waals surface area contributed by atoms with Crippen molar-refractivity contribution < 1.29 is 28.6 Å². The Morgan fingerprint density at radius 3 is 1.69 bits per heavy atom. The number of fused-ring (bicyclic) bond motifs is 1. The number of hydrogen-bond donors (Lipinski definition) is 0. The van der Waals surface area contributed by atoms with Gasteiger partial charge < -0.3 is 4.42 Å². The number of carbonyl (C=O) groups excluding carboxylic acids is 3. The van der Waals surface area contributed by atoms with Crippen LogP contribution >= 0.6 is 0 Å². The Balaban J connectivity index is 0.000000223. The van der Waals surface area contributed by atoms with Gasteiger partial charge in [-0.05, 0) is 45.0 Å². The summed E-state index contributed by atoms with van der Waals surface area (Å²) < 4.78 is 8.19. The number of aliphatic imine (C=N–C) groups is 1. The number of ketones is 1. The fourth-order valence-electron chi connectivity index (χ4n) is 4.70. The topological polar surface area (TPSA) is 253 Å². The number of nitrogens with zero attached hydrogens (tertiary/aromatic N) is 10. The van der Waals surface area contributed by atoms with Crippen molar-refractivity contribution in [3.63, 3.8) is 0 Å². The number of hydrogen-bond acceptors (Lipinski definition) is 12. The van der Waals surface area contributed by atoms with Crippen molar-refractivity contribution in [3.05, 3.63) is 107 Å². The van der Waals surface area contributed by atoms with Gasteiger partial charge in [0.2, 0.25) is 5.66 Å². The highest BCUT2D eigenvalue weighted by Gasteiger charge is 2.48. The zero-order valence-corrected chi connectivity index (χ0v) is 26.2. The highest BCUT2D eigenvalue weighted by molar-refractivity contribution is 5.98. The molecule has 20 heteroatoms. The molecule has 2 aromatic carbocycles. The van der Waals surface area contributed by atoms with E-state index in [0.717, 1.165) is 30.1 Å². The molecular weight excluding hydrogens is 648 g/mol. The van der Waals surface area contributed by atoms with Crippen molar-refractivity contribution in [1.29, 1.82) is 0 Å². The number of nitro groups is 2. The number of azo groups is 1. The molecule has 0 radical (unpaired) electrons. The first-order valence-corrected chi connectivity index (χ1v) is 13.7. The van der Waals surface area contributed by atoms with Crippen LogP contribution < -0.4 is 11.4 Å². The average Bonchev–Trinajstić information content (AvgIpc) is 3.73. The molecule has 0 spiro atoms. The Kier molecular flexibility index (Phi) is 10.5. The van der Waals surface area contributed by atoms with Crippen LogP contribution in [0.5, 0.6) is 0 Å². The van der Waals surface area contributed by atoms with Crippen molar-refractivity contribution in [2.24, 2.45) is 22.3 Å². The van der Waals surface area contributed by atoms with Gasteiger partial charge >= 0.3 is 23.4 Å². The molecule has 0 bridgehead atoms. The number of aryl methyl sites for hydroxylation is 2. The zero-order valence-electron chi connectivity index (χ0n) is 26.2. The standard InChI is InChI=1S/C14H13N5O5.C11H10N2O3.C3H3N3O2.CH4/c1-8(20)14(10-4-6-11(7-5-10)19(23)24)15-9(2)17-12(21)16(3)13(22)18(14)17;1-7-11(12-8(2)16-7)9-3-5-10(6-4-9)13(14)15;1-6-2(7)4-5-3(6)8;/h4-7H,1-3H3;3-6H,1-2H3;1H3;1H4. The minimum atomic E-state index is -1.75. The SMILES string of the molecule is C.CC(=O)C1(c2ccc([N+](=O)[O-])cc2)N=C(C)n2c(=O)n(C)c(=O)n21.CN1C(=O)N=NC1=O.Cc1nc(-c2ccc([N+](=O)[O-])cc2)c(C)o1. The van der Waals surface area contributed by atoms with E-state index >= 15 is 0 Å². The van der Waals surface area contributed by atoms with Crippen LogP contribution in [0.2, 0.25) is 0 Å². The van der Waals surface area contributed by atoms with Crippen molar-refractivity contribution in [1.82, 2.24) is 23.8 Å². The Morgan fingerprint density at radius 1 is 0.816 bits per heavy atom. The Labute approximate surface area is 275 Å². The number of imide groups is 1. The lowest BCUT2D eigenvalue weighted by Gasteiger charge is -2.24. The largest absolute Gasteiger partial charge is 0.446 e. The van der Waals surface area contributed by atoms with Crippen molar-refractivity contribution in [3.8, 4) is 11.3 Å². The molecule has 2 aromatic heterocycles. The number of non-ortho nitro benzene ring substituents is 2. The summed E-state index contributed by atoms with van der Waals surface area (Å²) >= 11 is 0. The molecule has 20 nitrogen and oxygen atoms in total. The molecular formula is C29H30N10O10. The summed E-state index contributed by atoms with van der Waals surface area (Å²) in [5.41, 5.74) is -1.35. The van der Waals surface area contributed by atoms with Gasteiger partial charge in [0.1, 0.15) is 17.3 Å². The third-order valence-electron chi connectivity index (χ3n) is 7.09. The highest BCUT2D eigenvalue weighted by Crippen LogP contribution is 2.32. The minimum Gasteiger partial charge on any atom is -0.446 e. The molecule has 0 saturated carbocycles. The maximum absolute atomic E-state index is 12.5. The molecule has 0 aliphatic carbocycles. The number of nitro benzene ring substituents is 2. The summed E-state index contributed by atoms with van der Waals surface area (Å²) in [7, 11) is 2.63. The van der Waals surface area contributed by atoms with Crippen molar-refractivity contribution >= 4 is 35.1 Å². The quantitative estimate of drug-likeness (QED) is 0.216. The summed E-state index contributed by atoms with van der Waals surface area (Å²) in [5.74, 6) is 0.998. The monoisotopic (exact) mass is 678 g/mol. The summed E-state index contributed by atoms with van der Waals surface area (Å²) in [6.07, 6.45) is 0. The number of urea groups is 2. The van der Waals surface area contributed by atoms with E-state index in [2.05, 4.69) is 20.2 Å². The van der Waals surface area contributed by atoms with E-state index in [0.29, 0.717) is 11.7 Å². The van der Waals surface area contributed by atoms with Gasteiger partial charge in [-0.15, -0.1) is 0 Å². The molecule has 1 unspecified atom stereocenters. The maximum atomic E-state index is 12.5. The van der Waals surface area contributed by atoms with Gasteiger partial charge in [-0.2, -0.15) is 9.36 Å². The van der Waals surface area contributed by atoms with Crippen LogP contribution in [0.3, 0.4) is 0 Å². The Hall–Kier alpha value is -6.73. The lowest BCUT2D eigenvalue weighted by molar-refractivity contribution is -0.385. The average molecular weight is 679 g/mol. The first-order chi connectivity index (χ1) is 22.5. The number of amides is 4. The second-order valence-electron chi connectivity index (χ2n) is 10.2. The number of rotatable bonds is 5. The third kappa shape index (κ3) is 6.73. The number of oxazole rings is 1. The Morgan fingerprint density at radius 2 is 1.31 bits per heavy atom. The molecule has 0 saturated heterocycles. The van der Waals surface area contributed by atoms with E-state index in [1.54, 1.807) is 19.1 Å². The second kappa shape index (κ2) is 13.9. The summed E-state index contributed by atoms with van der Waals surface area (Å²) in [6, 6.07) is 10.2. The molecule has 256 valence electrons. The van der Waals surface area contributed by atoms with E-state index in [1.165, 1.54) is 64.3 Å². The number of aromatic nitrogens is 4. The molecule has 6 rings (SSSR count). The molecule has 4 amide bonds. The van der Waals surface area contributed by atoms with Crippen LogP contribution in [0, 0.1) is 34.1 Å². The molecule has 0 fully saturated rings. The van der Waals surface area contributed by atoms with Crippen LogP contribution in [0.1, 0.15) is 38.5 Å². The Bertz CT molecular complexity index is 2140. The predicted octanol–water partition coefficient (Wildman–Crippen LogP) is 3.95. The van der Waals surface area contributed by atoms with E-state index < -0.39 is 44.7 Å². The van der Waals surface area contributed by atoms with Crippen molar-refractivity contribution in [2.75, 3.05) is 7.05 Å². The molecule has 4 heterocycles. The van der Waals surface area contributed by atoms with Gasteiger partial charge in [0.05, 0.1) is 9.85 Å². The summed E-state index contributed by atoms with van der Waals surface area (Å²) in [6.45, 7) is 6.34. The first-order valence-electron chi connectivity index (χ1n) is 13.7. The van der Waals surface area contributed by atoms with Crippen LogP contribution in [-0.4, -0.2) is 64.4 Å². The van der Waals surface area contributed by atoms with Crippen LogP contribution in [-0.2, 0) is 17.5 Å². The number of benzene rings is 2. The second-order valence-corrected chi connectivity index (χ2v) is 10.2. The van der Waals surface area contributed by atoms with E-state index in [-0.39, 0.29) is 30.2 Å². The molecule has 2 aliphatic heterocycles. The summed E-state index contributed by atoms with van der Waals surface area (Å²) in [5, 5.41) is 27.2. The third-order valence-corrected chi connectivity index (χ3v) is 7.09. The maximum Gasteiger partial charge on any atom is 0.370 e. The number of carbonyl (C=O) groups is 3. The smallest absolute Gasteiger partial charge is 0.370 e. The van der Waals surface area contributed by atoms with Crippen molar-refractivity contribution in [2.45, 2.75) is 40.8 Å². The molecule has 0 N–H and O–H groups in total. The van der Waals surface area contributed by atoms with Crippen LogP contribution in [0.25, 0.3) is 11.3 Å². The lowest BCUT2D eigenvalue weighted by Crippen LogP contribution is -2.45. The van der Waals surface area contributed by atoms with E-state index in [4.69, 9.17) is 4.42 Å². The highest BCUT2D eigenvalue weighted by atomic mass is 16.6. The van der Waals surface area contributed by atoms with Crippen LogP contribution in [0.4, 0.5) is 21.0 Å². The van der Waals surface area contributed by atoms with Gasteiger partial charge in [0.15, 0.2) is 11.7 Å². The number of Topliss-reactive ketones (excluding diaryl/α,β-unsaturated/α-hetero) is 1. The van der Waals surface area contributed by atoms with E-state index in [9.17, 15) is 44.2 Å². The summed E-state index contributed by atoms with van der Waals surface area (Å²) in [4.78, 5) is 87.2. The van der Waals surface area contributed by atoms with Gasteiger partial charge in [-0.3, -0.25) is 25.0 Å². The molecule has 1 atom stereocenters. The molecule has 2 aliphatic rings. The van der Waals surface area contributed by atoms with Gasteiger partial charge in [-0.1, -0.05) is 17.7 Å². The molecule has 49 heavy (non-hydrogen) atoms. The van der Waals surface area contributed by atoms with E-state index in [1.807, 2.05) is 6.92 Å². The zero-order chi connectivity index (χ0) is 35.7. The van der Waals surface area contributed by atoms with Crippen LogP contribution in [0.15, 0.2) is 77.8 Å². The normalized spacial score (nSPS) is 15.7. The minimum absolute atomic E-state index is 0. The fraction of sp³-hybridized carbons (Fsp3) is 0.276. The van der Waals surface area contributed by atoms with Gasteiger partial charge in [0.25, 0.3) is 11.4 Å². The lowest BCUT2D eigenvalue weighted by atomic mass is 9.96. The molecule has 4 aromatic rings. The predicted molar refractivity (Wildman–Crippen MR) is 172 cm³/mol. The first kappa shape index (κ1) is 36.7. The fourth-order valence-corrected chi connectivity index (χ4v) is 4.70. The van der Waals surface area contributed by atoms with Gasteiger partial charge in [-0.25, -0.2) is 38.6 Å². The van der Waals surface area contributed by atoms with Gasteiger partial charge in [0, 0.05) is 56.4 Å².